The zero-order valence-corrected chi connectivity index (χ0v) is 9.90. The van der Waals surface area contributed by atoms with E-state index in [1.165, 1.54) is 24.1 Å². The molecule has 0 fully saturated rings. The van der Waals surface area contributed by atoms with Crippen LogP contribution in [0.25, 0.3) is 0 Å². The lowest BCUT2D eigenvalue weighted by Gasteiger charge is -2.19. The van der Waals surface area contributed by atoms with Gasteiger partial charge >= 0.3 is 5.97 Å². The second kappa shape index (κ2) is 4.68. The van der Waals surface area contributed by atoms with E-state index in [0.29, 0.717) is 12.5 Å². The zero-order chi connectivity index (χ0) is 11.5. The maximum absolute atomic E-state index is 11.4. The van der Waals surface area contributed by atoms with Crippen LogP contribution in [-0.2, 0) is 22.5 Å². The molecule has 0 aromatic carbocycles. The summed E-state index contributed by atoms with van der Waals surface area (Å²) in [6.07, 6.45) is 5.33. The summed E-state index contributed by atoms with van der Waals surface area (Å²) in [4.78, 5) is 11.4. The van der Waals surface area contributed by atoms with Crippen molar-refractivity contribution >= 4 is 5.97 Å². The van der Waals surface area contributed by atoms with E-state index in [9.17, 15) is 4.79 Å². The molecule has 0 aliphatic heterocycles. The number of hydrogen-bond acceptors (Lipinski definition) is 3. The van der Waals surface area contributed by atoms with Crippen LogP contribution in [0, 0.1) is 0 Å². The van der Waals surface area contributed by atoms with Gasteiger partial charge in [-0.25, -0.2) is 0 Å². The van der Waals surface area contributed by atoms with Crippen molar-refractivity contribution in [2.24, 2.45) is 0 Å². The SMILES string of the molecule is CCOC(=O)Cn1ncc2c1CCC[C@H]2C. The Morgan fingerprint density at radius 1 is 1.69 bits per heavy atom. The predicted octanol–water partition coefficient (Wildman–Crippen LogP) is 1.89. The second-order valence-corrected chi connectivity index (χ2v) is 4.30. The minimum Gasteiger partial charge on any atom is -0.465 e. The van der Waals surface area contributed by atoms with Gasteiger partial charge in [0, 0.05) is 5.69 Å². The van der Waals surface area contributed by atoms with E-state index < -0.39 is 0 Å². The molecule has 1 aliphatic carbocycles. The maximum Gasteiger partial charge on any atom is 0.327 e. The number of rotatable bonds is 3. The fourth-order valence-corrected chi connectivity index (χ4v) is 2.31. The summed E-state index contributed by atoms with van der Waals surface area (Å²) < 4.78 is 6.73. The number of hydrogen-bond donors (Lipinski definition) is 0. The van der Waals surface area contributed by atoms with Crippen LogP contribution in [0.2, 0.25) is 0 Å². The van der Waals surface area contributed by atoms with Crippen molar-refractivity contribution in [3.8, 4) is 0 Å². The fraction of sp³-hybridized carbons (Fsp3) is 0.667. The molecule has 2 rings (SSSR count). The highest BCUT2D eigenvalue weighted by Gasteiger charge is 2.21. The molecular formula is C12H18N2O2. The third-order valence-electron chi connectivity index (χ3n) is 3.15. The van der Waals surface area contributed by atoms with Gasteiger partial charge in [0.2, 0.25) is 0 Å². The van der Waals surface area contributed by atoms with Crippen LogP contribution < -0.4 is 0 Å². The largest absolute Gasteiger partial charge is 0.465 e. The second-order valence-electron chi connectivity index (χ2n) is 4.30. The van der Waals surface area contributed by atoms with E-state index in [-0.39, 0.29) is 12.5 Å². The summed E-state index contributed by atoms with van der Waals surface area (Å²) in [5, 5.41) is 4.29. The molecule has 0 N–H and O–H groups in total. The zero-order valence-electron chi connectivity index (χ0n) is 9.90. The smallest absolute Gasteiger partial charge is 0.327 e. The normalized spacial score (nSPS) is 19.2. The number of carbonyl (C=O) groups is 1. The quantitative estimate of drug-likeness (QED) is 0.733. The van der Waals surface area contributed by atoms with Crippen LogP contribution >= 0.6 is 0 Å². The Labute approximate surface area is 95.6 Å². The summed E-state index contributed by atoms with van der Waals surface area (Å²) in [5.74, 6) is 0.367. The molecule has 1 aliphatic rings. The van der Waals surface area contributed by atoms with Gasteiger partial charge in [-0.3, -0.25) is 9.48 Å². The van der Waals surface area contributed by atoms with Crippen molar-refractivity contribution in [1.82, 2.24) is 9.78 Å². The van der Waals surface area contributed by atoms with Crippen molar-refractivity contribution in [2.45, 2.75) is 45.6 Å². The fourth-order valence-electron chi connectivity index (χ4n) is 2.31. The van der Waals surface area contributed by atoms with Crippen molar-refractivity contribution in [3.63, 3.8) is 0 Å². The molecule has 4 heteroatoms. The molecule has 0 saturated carbocycles. The van der Waals surface area contributed by atoms with Crippen LogP contribution in [0.15, 0.2) is 6.20 Å². The van der Waals surface area contributed by atoms with Gasteiger partial charge < -0.3 is 4.74 Å². The first-order valence-electron chi connectivity index (χ1n) is 5.92. The third kappa shape index (κ3) is 2.10. The molecule has 1 heterocycles. The highest BCUT2D eigenvalue weighted by atomic mass is 16.5. The Bertz CT molecular complexity index is 384. The molecule has 0 bridgehead atoms. The minimum absolute atomic E-state index is 0.202. The van der Waals surface area contributed by atoms with Crippen LogP contribution in [0.5, 0.6) is 0 Å². The lowest BCUT2D eigenvalue weighted by molar-refractivity contribution is -0.144. The first kappa shape index (κ1) is 11.2. The van der Waals surface area contributed by atoms with E-state index in [0.717, 1.165) is 6.42 Å². The number of carbonyl (C=O) groups excluding carboxylic acids is 1. The van der Waals surface area contributed by atoms with E-state index in [1.54, 1.807) is 4.68 Å². The average Bonchev–Trinajstić information content (AvgIpc) is 2.64. The first-order valence-corrected chi connectivity index (χ1v) is 5.92. The van der Waals surface area contributed by atoms with E-state index in [4.69, 9.17) is 4.74 Å². The van der Waals surface area contributed by atoms with Gasteiger partial charge in [0.15, 0.2) is 0 Å². The third-order valence-corrected chi connectivity index (χ3v) is 3.15. The molecule has 16 heavy (non-hydrogen) atoms. The average molecular weight is 222 g/mol. The van der Waals surface area contributed by atoms with Crippen molar-refractivity contribution in [1.29, 1.82) is 0 Å². The summed E-state index contributed by atoms with van der Waals surface area (Å²) in [6, 6.07) is 0. The molecule has 0 saturated heterocycles. The summed E-state index contributed by atoms with van der Waals surface area (Å²) in [5.41, 5.74) is 2.52. The van der Waals surface area contributed by atoms with Crippen LogP contribution in [0.1, 0.15) is 43.9 Å². The van der Waals surface area contributed by atoms with Gasteiger partial charge in [0.25, 0.3) is 0 Å². The Morgan fingerprint density at radius 2 is 2.50 bits per heavy atom. The van der Waals surface area contributed by atoms with Gasteiger partial charge in [0.05, 0.1) is 12.8 Å². The Hall–Kier alpha value is -1.32. The Kier molecular flexibility index (Phi) is 3.27. The highest BCUT2D eigenvalue weighted by molar-refractivity contribution is 5.69. The van der Waals surface area contributed by atoms with Gasteiger partial charge in [0.1, 0.15) is 6.54 Å². The van der Waals surface area contributed by atoms with Crippen LogP contribution in [-0.4, -0.2) is 22.4 Å². The summed E-state index contributed by atoms with van der Waals surface area (Å²) in [7, 11) is 0. The minimum atomic E-state index is -0.202. The lowest BCUT2D eigenvalue weighted by atomic mass is 9.89. The molecule has 0 unspecified atom stereocenters. The molecule has 4 nitrogen and oxygen atoms in total. The monoisotopic (exact) mass is 222 g/mol. The van der Waals surface area contributed by atoms with Gasteiger partial charge in [-0.1, -0.05) is 6.92 Å². The number of aromatic nitrogens is 2. The molecule has 0 spiro atoms. The molecule has 1 aromatic rings. The standard InChI is InChI=1S/C12H18N2O2/c1-3-16-12(15)8-14-11-6-4-5-9(2)10(11)7-13-14/h7,9H,3-6,8H2,1-2H3/t9-/m1/s1. The van der Waals surface area contributed by atoms with Gasteiger partial charge in [-0.15, -0.1) is 0 Å². The van der Waals surface area contributed by atoms with E-state index in [1.807, 2.05) is 13.1 Å². The topological polar surface area (TPSA) is 44.1 Å². The number of nitrogens with zero attached hydrogens (tertiary/aromatic N) is 2. The van der Waals surface area contributed by atoms with E-state index in [2.05, 4.69) is 12.0 Å². The first-order chi connectivity index (χ1) is 7.72. The van der Waals surface area contributed by atoms with Gasteiger partial charge in [-0.05, 0) is 37.7 Å². The van der Waals surface area contributed by atoms with Gasteiger partial charge in [-0.2, -0.15) is 5.10 Å². The Morgan fingerprint density at radius 3 is 3.25 bits per heavy atom. The van der Waals surface area contributed by atoms with Crippen LogP contribution in [0.4, 0.5) is 0 Å². The Balaban J connectivity index is 2.14. The molecular weight excluding hydrogens is 204 g/mol. The summed E-state index contributed by atoms with van der Waals surface area (Å²) in [6.45, 7) is 4.71. The van der Waals surface area contributed by atoms with Crippen molar-refractivity contribution < 1.29 is 9.53 Å². The molecule has 88 valence electrons. The number of esters is 1. The molecule has 0 radical (unpaired) electrons. The highest BCUT2D eigenvalue weighted by Crippen LogP contribution is 2.30. The number of fused-ring (bicyclic) bond motifs is 1. The number of ether oxygens (including phenoxy) is 1. The van der Waals surface area contributed by atoms with Crippen LogP contribution in [0.3, 0.4) is 0 Å². The van der Waals surface area contributed by atoms with Crippen molar-refractivity contribution in [2.75, 3.05) is 6.61 Å². The summed E-state index contributed by atoms with van der Waals surface area (Å²) >= 11 is 0. The molecule has 0 amide bonds. The molecule has 1 atom stereocenters. The van der Waals surface area contributed by atoms with E-state index >= 15 is 0 Å². The maximum atomic E-state index is 11.4. The molecule has 1 aromatic heterocycles. The van der Waals surface area contributed by atoms with Crippen molar-refractivity contribution in [3.05, 3.63) is 17.5 Å². The predicted molar refractivity (Wildman–Crippen MR) is 60.2 cm³/mol. The lowest BCUT2D eigenvalue weighted by Crippen LogP contribution is -2.18.